The molecule has 0 radical (unpaired) electrons. The van der Waals surface area contributed by atoms with Crippen LogP contribution >= 0.6 is 0 Å². The summed E-state index contributed by atoms with van der Waals surface area (Å²) in [6, 6.07) is 8.67. The van der Waals surface area contributed by atoms with E-state index in [1.165, 1.54) is 12.1 Å². The van der Waals surface area contributed by atoms with Gasteiger partial charge in [-0.05, 0) is 36.6 Å². The summed E-state index contributed by atoms with van der Waals surface area (Å²) in [7, 11) is 0. The quantitative estimate of drug-likeness (QED) is 0.681. The zero-order chi connectivity index (χ0) is 18.0. The van der Waals surface area contributed by atoms with Gasteiger partial charge in [0.2, 0.25) is 0 Å². The third-order valence-electron chi connectivity index (χ3n) is 4.42. The van der Waals surface area contributed by atoms with E-state index < -0.39 is 17.2 Å². The molecule has 2 atom stereocenters. The Morgan fingerprint density at radius 3 is 2.80 bits per heavy atom. The number of likely N-dealkylation sites (tertiary alicyclic amines) is 1. The van der Waals surface area contributed by atoms with Gasteiger partial charge < -0.3 is 5.11 Å². The van der Waals surface area contributed by atoms with E-state index >= 15 is 0 Å². The summed E-state index contributed by atoms with van der Waals surface area (Å²) in [6.07, 6.45) is -0.245. The van der Waals surface area contributed by atoms with Gasteiger partial charge in [-0.3, -0.25) is 20.0 Å². The van der Waals surface area contributed by atoms with Crippen molar-refractivity contribution < 1.29 is 14.4 Å². The fraction of sp³-hybridized carbons (Fsp3) is 0.389. The molecule has 25 heavy (non-hydrogen) atoms. The van der Waals surface area contributed by atoms with Crippen molar-refractivity contribution in [2.75, 3.05) is 13.1 Å². The number of β-amino-alcohol motifs (C(OH)–C–C–N with tert-alkyl or cyclic N) is 1. The highest BCUT2D eigenvalue weighted by atomic mass is 19.1. The molecular formula is C18H20FN3O3. The Labute approximate surface area is 145 Å². The molecule has 0 spiro atoms. The van der Waals surface area contributed by atoms with E-state index in [-0.39, 0.29) is 18.7 Å². The lowest BCUT2D eigenvalue weighted by Gasteiger charge is -2.32. The van der Waals surface area contributed by atoms with Gasteiger partial charge in [-0.15, -0.1) is 0 Å². The number of hydrogen-bond donors (Lipinski definition) is 1. The van der Waals surface area contributed by atoms with E-state index in [4.69, 9.17) is 0 Å². The minimum atomic E-state index is -1.20. The second-order valence-corrected chi connectivity index (χ2v) is 6.44. The molecule has 1 aliphatic rings. The van der Waals surface area contributed by atoms with Crippen LogP contribution in [0.4, 0.5) is 10.1 Å². The van der Waals surface area contributed by atoms with Crippen molar-refractivity contribution in [3.8, 4) is 11.1 Å². The monoisotopic (exact) mass is 345 g/mol. The fourth-order valence-corrected chi connectivity index (χ4v) is 3.05. The summed E-state index contributed by atoms with van der Waals surface area (Å²) >= 11 is 0. The van der Waals surface area contributed by atoms with Crippen LogP contribution in [0.25, 0.3) is 11.1 Å². The Morgan fingerprint density at radius 2 is 2.16 bits per heavy atom. The molecule has 2 heterocycles. The molecule has 1 aliphatic heterocycles. The highest BCUT2D eigenvalue weighted by Gasteiger charge is 2.27. The van der Waals surface area contributed by atoms with Gasteiger partial charge in [-0.2, -0.15) is 0 Å². The number of pyridine rings is 1. The number of nitro groups is 1. The lowest BCUT2D eigenvalue weighted by Crippen LogP contribution is -2.44. The molecule has 1 saturated heterocycles. The Balaban J connectivity index is 1.88. The number of aliphatic hydroxyl groups excluding tert-OH is 1. The summed E-state index contributed by atoms with van der Waals surface area (Å²) in [5, 5.41) is 21.0. The number of nitrogens with zero attached hydrogens (tertiary/aromatic N) is 3. The molecule has 0 bridgehead atoms. The van der Waals surface area contributed by atoms with Crippen LogP contribution in [-0.2, 0) is 6.54 Å². The fourth-order valence-electron chi connectivity index (χ4n) is 3.05. The minimum Gasteiger partial charge on any atom is -0.389 e. The van der Waals surface area contributed by atoms with Gasteiger partial charge in [0.1, 0.15) is 6.17 Å². The molecule has 0 aliphatic carbocycles. The average Bonchev–Trinajstić information content (AvgIpc) is 2.58. The van der Waals surface area contributed by atoms with E-state index in [9.17, 15) is 19.6 Å². The van der Waals surface area contributed by atoms with Gasteiger partial charge in [0.15, 0.2) is 0 Å². The van der Waals surface area contributed by atoms with Crippen molar-refractivity contribution in [1.82, 2.24) is 9.88 Å². The van der Waals surface area contributed by atoms with Crippen LogP contribution in [0.2, 0.25) is 0 Å². The number of hydrogen-bond acceptors (Lipinski definition) is 5. The van der Waals surface area contributed by atoms with Crippen molar-refractivity contribution in [2.24, 2.45) is 0 Å². The molecule has 1 aromatic heterocycles. The molecule has 1 fully saturated rings. The molecule has 0 saturated carbocycles. The second kappa shape index (κ2) is 7.25. The molecule has 2 aromatic rings. The summed E-state index contributed by atoms with van der Waals surface area (Å²) in [5.41, 5.74) is 3.16. The van der Waals surface area contributed by atoms with Gasteiger partial charge in [0.05, 0.1) is 11.0 Å². The lowest BCUT2D eigenvalue weighted by atomic mass is 10.0. The number of aryl methyl sites for hydroxylation is 1. The molecule has 1 N–H and O–H groups in total. The molecule has 6 nitrogen and oxygen atoms in total. The number of non-ortho nitro benzene ring substituents is 1. The molecule has 1 aromatic carbocycles. The minimum absolute atomic E-state index is 0.00833. The summed E-state index contributed by atoms with van der Waals surface area (Å²) in [4.78, 5) is 17.0. The van der Waals surface area contributed by atoms with E-state index in [0.717, 1.165) is 22.4 Å². The third kappa shape index (κ3) is 4.18. The molecule has 0 unspecified atom stereocenters. The normalized spacial score (nSPS) is 21.2. The molecule has 132 valence electrons. The highest BCUT2D eigenvalue weighted by molar-refractivity contribution is 5.66. The van der Waals surface area contributed by atoms with Crippen molar-refractivity contribution in [3.05, 3.63) is 57.9 Å². The number of alkyl halides is 1. The number of benzene rings is 1. The van der Waals surface area contributed by atoms with Gasteiger partial charge in [0.25, 0.3) is 5.69 Å². The average molecular weight is 345 g/mol. The van der Waals surface area contributed by atoms with Gasteiger partial charge in [0, 0.05) is 49.2 Å². The third-order valence-corrected chi connectivity index (χ3v) is 4.42. The maximum atomic E-state index is 13.4. The van der Waals surface area contributed by atoms with Crippen molar-refractivity contribution >= 4 is 5.69 Å². The maximum Gasteiger partial charge on any atom is 0.270 e. The van der Waals surface area contributed by atoms with Crippen molar-refractivity contribution in [2.45, 2.75) is 32.2 Å². The SMILES string of the molecule is Cc1ccc(-c2cc(CN3CC[C@@H](F)[C@H](O)C3)cc([N+](=O)[O-])c2)cn1. The number of rotatable bonds is 4. The van der Waals surface area contributed by atoms with Gasteiger partial charge in [-0.25, -0.2) is 4.39 Å². The lowest BCUT2D eigenvalue weighted by molar-refractivity contribution is -0.384. The van der Waals surface area contributed by atoms with Crippen LogP contribution in [0.1, 0.15) is 17.7 Å². The number of nitro benzene ring substituents is 1. The Bertz CT molecular complexity index is 767. The molecule has 7 heteroatoms. The largest absolute Gasteiger partial charge is 0.389 e. The van der Waals surface area contributed by atoms with Crippen molar-refractivity contribution in [1.29, 1.82) is 0 Å². The predicted molar refractivity (Wildman–Crippen MR) is 91.9 cm³/mol. The predicted octanol–water partition coefficient (Wildman–Crippen LogP) is 2.87. The van der Waals surface area contributed by atoms with Crippen LogP contribution < -0.4 is 0 Å². The van der Waals surface area contributed by atoms with Gasteiger partial charge in [-0.1, -0.05) is 6.07 Å². The summed E-state index contributed by atoms with van der Waals surface area (Å²) < 4.78 is 13.4. The first-order valence-electron chi connectivity index (χ1n) is 8.18. The number of piperidine rings is 1. The standard InChI is InChI=1S/C18H20FN3O3/c1-12-2-3-14(9-20-12)15-6-13(7-16(8-15)22(24)25)10-21-5-4-17(19)18(23)11-21/h2-3,6-9,17-18,23H,4-5,10-11H2,1H3/t17-,18-/m1/s1. The molecule has 0 amide bonds. The first kappa shape index (κ1) is 17.4. The topological polar surface area (TPSA) is 79.5 Å². The number of halogens is 1. The summed E-state index contributed by atoms with van der Waals surface area (Å²) in [6.45, 7) is 3.05. The smallest absolute Gasteiger partial charge is 0.270 e. The van der Waals surface area contributed by atoms with E-state index in [1.807, 2.05) is 30.0 Å². The first-order chi connectivity index (χ1) is 11.9. The Kier molecular flexibility index (Phi) is 5.06. The zero-order valence-electron chi connectivity index (χ0n) is 13.9. The summed E-state index contributed by atoms with van der Waals surface area (Å²) in [5.74, 6) is 0. The Morgan fingerprint density at radius 1 is 1.36 bits per heavy atom. The van der Waals surface area contributed by atoms with E-state index in [0.29, 0.717) is 13.1 Å². The molecule has 3 rings (SSSR count). The number of aliphatic hydroxyl groups is 1. The zero-order valence-corrected chi connectivity index (χ0v) is 13.9. The van der Waals surface area contributed by atoms with E-state index in [1.54, 1.807) is 6.20 Å². The van der Waals surface area contributed by atoms with E-state index in [2.05, 4.69) is 4.98 Å². The second-order valence-electron chi connectivity index (χ2n) is 6.44. The van der Waals surface area contributed by atoms with Crippen LogP contribution in [0.5, 0.6) is 0 Å². The first-order valence-corrected chi connectivity index (χ1v) is 8.18. The Hall–Kier alpha value is -2.38. The highest BCUT2D eigenvalue weighted by Crippen LogP contribution is 2.27. The maximum absolute atomic E-state index is 13.4. The van der Waals surface area contributed by atoms with Crippen LogP contribution in [0.15, 0.2) is 36.5 Å². The van der Waals surface area contributed by atoms with Crippen molar-refractivity contribution in [3.63, 3.8) is 0 Å². The van der Waals surface area contributed by atoms with Crippen LogP contribution in [0.3, 0.4) is 0 Å². The van der Waals surface area contributed by atoms with Gasteiger partial charge >= 0.3 is 0 Å². The van der Waals surface area contributed by atoms with Crippen LogP contribution in [-0.4, -0.2) is 45.3 Å². The molecular weight excluding hydrogens is 325 g/mol. The van der Waals surface area contributed by atoms with Crippen LogP contribution in [0, 0.1) is 17.0 Å². The number of aromatic nitrogens is 1.